The largest absolute Gasteiger partial charge is 0.493 e. The summed E-state index contributed by atoms with van der Waals surface area (Å²) >= 11 is 13.2. The molecule has 0 fully saturated rings. The molecule has 3 aromatic rings. The summed E-state index contributed by atoms with van der Waals surface area (Å²) in [6.07, 6.45) is 1.51. The minimum absolute atomic E-state index is 0.199. The quantitative estimate of drug-likeness (QED) is 0.219. The van der Waals surface area contributed by atoms with Crippen LogP contribution in [0.3, 0.4) is 0 Å². The fraction of sp³-hybridized carbons (Fsp3) is 0.200. The molecule has 0 saturated carbocycles. The van der Waals surface area contributed by atoms with Crippen LogP contribution >= 0.6 is 43.5 Å². The molecule has 0 radical (unpaired) electrons. The van der Waals surface area contributed by atoms with Crippen LogP contribution < -0.4 is 19.6 Å². The number of carbonyl (C=O) groups is 1. The molecule has 1 N–H and O–H groups in total. The number of nitrogens with one attached hydrogen (secondary N) is 1. The topological polar surface area (TPSA) is 69.2 Å². The molecule has 6 nitrogen and oxygen atoms in total. The standard InChI is InChI=1S/C25H23Br2ClN2O4/c1-15-9-20(23(27)16(2)24(15)28)33-14-22(31)30-29-12-18-10-19(26)25(21(11-18)32-3)34-13-17-7-5-4-6-8-17/h4-12H,13-14H2,1-3H3,(H,30,31)/b29-12+. The highest BCUT2D eigenvalue weighted by Crippen LogP contribution is 2.37. The van der Waals surface area contributed by atoms with Crippen LogP contribution in [-0.2, 0) is 11.4 Å². The summed E-state index contributed by atoms with van der Waals surface area (Å²) in [7, 11) is 1.56. The van der Waals surface area contributed by atoms with E-state index in [1.165, 1.54) is 6.21 Å². The lowest BCUT2D eigenvalue weighted by Crippen LogP contribution is -2.24. The van der Waals surface area contributed by atoms with Crippen molar-refractivity contribution in [3.8, 4) is 17.2 Å². The molecule has 0 aliphatic carbocycles. The number of aryl methyl sites for hydroxylation is 1. The van der Waals surface area contributed by atoms with Crippen LogP contribution in [0.4, 0.5) is 0 Å². The number of amides is 1. The highest BCUT2D eigenvalue weighted by molar-refractivity contribution is 9.11. The molecule has 3 aromatic carbocycles. The van der Waals surface area contributed by atoms with Gasteiger partial charge in [-0.3, -0.25) is 4.79 Å². The monoisotopic (exact) mass is 608 g/mol. The van der Waals surface area contributed by atoms with Crippen molar-refractivity contribution < 1.29 is 19.0 Å². The summed E-state index contributed by atoms with van der Waals surface area (Å²) < 4.78 is 18.4. The molecule has 34 heavy (non-hydrogen) atoms. The van der Waals surface area contributed by atoms with E-state index < -0.39 is 5.91 Å². The van der Waals surface area contributed by atoms with Crippen LogP contribution in [0.1, 0.15) is 22.3 Å². The van der Waals surface area contributed by atoms with Gasteiger partial charge in [0.2, 0.25) is 0 Å². The first-order valence-corrected chi connectivity index (χ1v) is 12.2. The zero-order valence-corrected chi connectivity index (χ0v) is 22.8. The summed E-state index contributed by atoms with van der Waals surface area (Å²) in [5.41, 5.74) is 5.93. The average Bonchev–Trinajstić information content (AvgIpc) is 2.83. The zero-order valence-electron chi connectivity index (χ0n) is 18.8. The van der Waals surface area contributed by atoms with Crippen LogP contribution in [0.15, 0.2) is 62.6 Å². The predicted octanol–water partition coefficient (Wildman–Crippen LogP) is 6.60. The number of benzene rings is 3. The van der Waals surface area contributed by atoms with Gasteiger partial charge in [0.05, 0.1) is 22.3 Å². The van der Waals surface area contributed by atoms with Gasteiger partial charge in [0.15, 0.2) is 18.1 Å². The van der Waals surface area contributed by atoms with Crippen molar-refractivity contribution in [1.82, 2.24) is 5.43 Å². The van der Waals surface area contributed by atoms with Gasteiger partial charge in [-0.15, -0.1) is 0 Å². The number of carbonyl (C=O) groups excluding carboxylic acids is 1. The fourth-order valence-electron chi connectivity index (χ4n) is 3.04. The summed E-state index contributed by atoms with van der Waals surface area (Å²) in [5, 5.41) is 4.67. The molecule has 1 amide bonds. The maximum absolute atomic E-state index is 12.2. The van der Waals surface area contributed by atoms with E-state index in [0.29, 0.717) is 43.4 Å². The van der Waals surface area contributed by atoms with E-state index in [4.69, 9.17) is 25.8 Å². The van der Waals surface area contributed by atoms with Crippen molar-refractivity contribution in [2.45, 2.75) is 20.5 Å². The van der Waals surface area contributed by atoms with Crippen molar-refractivity contribution in [2.75, 3.05) is 13.7 Å². The molecule has 0 atom stereocenters. The Morgan fingerprint density at radius 3 is 2.53 bits per heavy atom. The van der Waals surface area contributed by atoms with E-state index in [1.807, 2.05) is 50.2 Å². The third-order valence-corrected chi connectivity index (χ3v) is 6.96. The molecule has 178 valence electrons. The number of hydrogen-bond acceptors (Lipinski definition) is 5. The SMILES string of the molecule is COc1cc(/C=N/NC(=O)COc2cc(C)c(Cl)c(C)c2Br)cc(Br)c1OCc1ccccc1. The van der Waals surface area contributed by atoms with Crippen molar-refractivity contribution in [1.29, 1.82) is 0 Å². The van der Waals surface area contributed by atoms with Crippen molar-refractivity contribution in [3.05, 3.63) is 84.8 Å². The van der Waals surface area contributed by atoms with Gasteiger partial charge in [-0.1, -0.05) is 41.9 Å². The Bertz CT molecular complexity index is 1200. The van der Waals surface area contributed by atoms with Crippen molar-refractivity contribution >= 4 is 55.6 Å². The normalized spacial score (nSPS) is 10.9. The minimum atomic E-state index is -0.401. The Morgan fingerprint density at radius 2 is 1.82 bits per heavy atom. The molecule has 0 unspecified atom stereocenters. The second-order valence-electron chi connectivity index (χ2n) is 7.33. The zero-order chi connectivity index (χ0) is 24.7. The van der Waals surface area contributed by atoms with Crippen LogP contribution in [0, 0.1) is 13.8 Å². The highest BCUT2D eigenvalue weighted by atomic mass is 79.9. The Hall–Kier alpha value is -2.55. The van der Waals surface area contributed by atoms with E-state index in [0.717, 1.165) is 16.7 Å². The minimum Gasteiger partial charge on any atom is -0.493 e. The summed E-state index contributed by atoms with van der Waals surface area (Å²) in [6.45, 7) is 3.96. The van der Waals surface area contributed by atoms with Crippen LogP contribution in [0.5, 0.6) is 17.2 Å². The van der Waals surface area contributed by atoms with Gasteiger partial charge in [-0.25, -0.2) is 5.43 Å². The summed E-state index contributed by atoms with van der Waals surface area (Å²) in [4.78, 5) is 12.2. The van der Waals surface area contributed by atoms with Gasteiger partial charge < -0.3 is 14.2 Å². The van der Waals surface area contributed by atoms with Gasteiger partial charge in [0, 0.05) is 5.02 Å². The first-order chi connectivity index (χ1) is 16.3. The average molecular weight is 611 g/mol. The van der Waals surface area contributed by atoms with Crippen LogP contribution in [0.25, 0.3) is 0 Å². The Kier molecular flexibility index (Phi) is 9.38. The third-order valence-electron chi connectivity index (χ3n) is 4.81. The second-order valence-corrected chi connectivity index (χ2v) is 9.36. The first kappa shape index (κ1) is 26.1. The smallest absolute Gasteiger partial charge is 0.277 e. The molecule has 0 heterocycles. The third kappa shape index (κ3) is 6.74. The molecule has 0 aliphatic heterocycles. The Balaban J connectivity index is 1.60. The van der Waals surface area contributed by atoms with Crippen molar-refractivity contribution in [2.24, 2.45) is 5.10 Å². The number of hydrazone groups is 1. The Labute approximate surface area is 220 Å². The van der Waals surface area contributed by atoms with Crippen molar-refractivity contribution in [3.63, 3.8) is 0 Å². The van der Waals surface area contributed by atoms with E-state index in [1.54, 1.807) is 19.2 Å². The van der Waals surface area contributed by atoms with Gasteiger partial charge in [0.1, 0.15) is 12.4 Å². The molecular formula is C25H23Br2ClN2O4. The number of nitrogens with zero attached hydrogens (tertiary/aromatic N) is 1. The maximum atomic E-state index is 12.2. The molecule has 0 bridgehead atoms. The van der Waals surface area contributed by atoms with E-state index in [-0.39, 0.29) is 6.61 Å². The van der Waals surface area contributed by atoms with E-state index in [2.05, 4.69) is 42.4 Å². The molecular weight excluding hydrogens is 588 g/mol. The maximum Gasteiger partial charge on any atom is 0.277 e. The van der Waals surface area contributed by atoms with Gasteiger partial charge >= 0.3 is 0 Å². The van der Waals surface area contributed by atoms with Crippen LogP contribution in [-0.4, -0.2) is 25.8 Å². The highest BCUT2D eigenvalue weighted by Gasteiger charge is 2.13. The Morgan fingerprint density at radius 1 is 1.09 bits per heavy atom. The molecule has 9 heteroatoms. The van der Waals surface area contributed by atoms with Gasteiger partial charge in [-0.2, -0.15) is 5.10 Å². The van der Waals surface area contributed by atoms with E-state index >= 15 is 0 Å². The fourth-order valence-corrected chi connectivity index (χ4v) is 4.31. The first-order valence-electron chi connectivity index (χ1n) is 10.2. The summed E-state index contributed by atoms with van der Waals surface area (Å²) in [5.74, 6) is 1.26. The molecule has 0 spiro atoms. The van der Waals surface area contributed by atoms with Crippen LogP contribution in [0.2, 0.25) is 5.02 Å². The lowest BCUT2D eigenvalue weighted by molar-refractivity contribution is -0.123. The predicted molar refractivity (Wildman–Crippen MR) is 141 cm³/mol. The molecule has 0 saturated heterocycles. The number of hydrogen-bond donors (Lipinski definition) is 1. The molecule has 0 aliphatic rings. The molecule has 3 rings (SSSR count). The number of ether oxygens (including phenoxy) is 3. The number of methoxy groups -OCH3 is 1. The lowest BCUT2D eigenvalue weighted by atomic mass is 10.1. The molecule has 0 aromatic heterocycles. The summed E-state index contributed by atoms with van der Waals surface area (Å²) in [6, 6.07) is 15.2. The lowest BCUT2D eigenvalue weighted by Gasteiger charge is -2.13. The second kappa shape index (κ2) is 12.2. The number of halogens is 3. The van der Waals surface area contributed by atoms with Gasteiger partial charge in [0.25, 0.3) is 5.91 Å². The number of rotatable bonds is 9. The van der Waals surface area contributed by atoms with E-state index in [9.17, 15) is 4.79 Å². The van der Waals surface area contributed by atoms with Gasteiger partial charge in [-0.05, 0) is 86.2 Å².